The molecule has 4 aliphatic rings. The van der Waals surface area contributed by atoms with Gasteiger partial charge in [0.25, 0.3) is 0 Å². The van der Waals surface area contributed by atoms with Gasteiger partial charge < -0.3 is 16.4 Å². The number of allylic oxidation sites excluding steroid dienone is 1. The summed E-state index contributed by atoms with van der Waals surface area (Å²) in [6.45, 7) is 11.3. The van der Waals surface area contributed by atoms with Gasteiger partial charge >= 0.3 is 0 Å². The van der Waals surface area contributed by atoms with Gasteiger partial charge in [-0.05, 0) is 173 Å². The van der Waals surface area contributed by atoms with Gasteiger partial charge in [0, 0.05) is 8.07 Å². The highest BCUT2D eigenvalue weighted by Gasteiger charge is 2.33. The fraction of sp³-hybridized carbons (Fsp3) is 0.702. The van der Waals surface area contributed by atoms with E-state index in [1.807, 2.05) is 6.08 Å². The summed E-state index contributed by atoms with van der Waals surface area (Å²) in [7, 11) is -0.853. The zero-order valence-corrected chi connectivity index (χ0v) is 35.4. The summed E-state index contributed by atoms with van der Waals surface area (Å²) in [5, 5.41) is 0. The third-order valence-electron chi connectivity index (χ3n) is 14.1. The molecule has 314 valence electrons. The third kappa shape index (κ3) is 15.4. The molecule has 2 aromatic carbocycles. The van der Waals surface area contributed by atoms with Crippen molar-refractivity contribution in [3.63, 3.8) is 0 Å². The molecule has 2 aromatic rings. The van der Waals surface area contributed by atoms with Crippen LogP contribution in [0, 0.1) is 58.8 Å². The van der Waals surface area contributed by atoms with E-state index in [4.69, 9.17) is 0 Å². The maximum Gasteiger partial charge on any atom is 0.159 e. The van der Waals surface area contributed by atoms with E-state index in [2.05, 4.69) is 26.2 Å². The Morgan fingerprint density at radius 3 is 1.22 bits per heavy atom. The van der Waals surface area contributed by atoms with Gasteiger partial charge in [0.1, 0.15) is 0 Å². The van der Waals surface area contributed by atoms with Crippen LogP contribution in [0.15, 0.2) is 49.1 Å². The van der Waals surface area contributed by atoms with Crippen LogP contribution in [-0.4, -0.2) is 24.5 Å². The molecule has 0 aromatic heterocycles. The van der Waals surface area contributed by atoms with Gasteiger partial charge in [0.15, 0.2) is 23.3 Å². The highest BCUT2D eigenvalue weighted by Crippen LogP contribution is 2.46. The van der Waals surface area contributed by atoms with E-state index in [1.165, 1.54) is 133 Å². The van der Waals surface area contributed by atoms with Crippen LogP contribution in [0.5, 0.6) is 0 Å². The van der Waals surface area contributed by atoms with Gasteiger partial charge in [-0.1, -0.05) is 88.8 Å². The molecule has 3 nitrogen and oxygen atoms in total. The first-order valence-electron chi connectivity index (χ1n) is 21.5. The van der Waals surface area contributed by atoms with E-state index >= 15 is 0 Å². The van der Waals surface area contributed by atoms with Crippen molar-refractivity contribution in [3.05, 3.63) is 83.4 Å². The first kappa shape index (κ1) is 49.1. The average molecular weight is 793 g/mol. The molecule has 0 aliphatic heterocycles. The molecule has 0 bridgehead atoms. The minimum absolute atomic E-state index is 0. The summed E-state index contributed by atoms with van der Waals surface area (Å²) < 4.78 is 53.3. The summed E-state index contributed by atoms with van der Waals surface area (Å²) in [5.74, 6) is 3.43. The summed E-state index contributed by atoms with van der Waals surface area (Å²) in [6, 6.07) is 10.5. The molecule has 6 N–H and O–H groups in total. The molecular weight excluding hydrogens is 717 g/mol. The predicted molar refractivity (Wildman–Crippen MR) is 225 cm³/mol. The summed E-state index contributed by atoms with van der Waals surface area (Å²) in [6.07, 6.45) is 29.8. The van der Waals surface area contributed by atoms with E-state index in [0.717, 1.165) is 78.7 Å². The Morgan fingerprint density at radius 2 is 0.873 bits per heavy atom. The molecule has 4 aliphatic carbocycles. The lowest BCUT2D eigenvalue weighted by molar-refractivity contribution is 0.156. The van der Waals surface area contributed by atoms with Crippen molar-refractivity contribution in [2.24, 2.45) is 35.5 Å². The number of halogens is 4. The van der Waals surface area contributed by atoms with Crippen molar-refractivity contribution < 1.29 is 34.0 Å². The van der Waals surface area contributed by atoms with Crippen LogP contribution >= 0.6 is 0 Å². The molecule has 0 radical (unpaired) electrons. The van der Waals surface area contributed by atoms with Gasteiger partial charge in [-0.3, -0.25) is 0 Å². The smallest absolute Gasteiger partial charge is 0.159 e. The van der Waals surface area contributed by atoms with Crippen LogP contribution in [0.3, 0.4) is 0 Å². The molecule has 0 unspecified atom stereocenters. The zero-order chi connectivity index (χ0) is 37.1. The molecule has 0 amide bonds. The van der Waals surface area contributed by atoms with Crippen molar-refractivity contribution in [1.82, 2.24) is 0 Å². The molecule has 0 atom stereocenters. The standard InChI is InChI=1S/C25H40F2Si.C22H30F2.3H2O/c1-28(2,3)17-5-4-6-19-7-9-20(10-8-19)21-11-13-22(14-12-21)23-15-16-24(26)25(27)18-23;1-2-3-4-16-5-7-17(8-6-16)18-9-11-19(12-10-18)20-13-14-21(23)22(24)15-20;;;/h15-16,18-22H,4-14,17H2,1-3H3;2,13-19H,1,3-12H2;3*1H2. The molecule has 0 heterocycles. The van der Waals surface area contributed by atoms with Crippen molar-refractivity contribution in [3.8, 4) is 0 Å². The van der Waals surface area contributed by atoms with E-state index in [-0.39, 0.29) is 16.4 Å². The topological polar surface area (TPSA) is 94.5 Å². The Kier molecular flexibility index (Phi) is 21.5. The zero-order valence-electron chi connectivity index (χ0n) is 34.4. The highest BCUT2D eigenvalue weighted by atomic mass is 28.3. The average Bonchev–Trinajstić information content (AvgIpc) is 3.15. The molecule has 4 saturated carbocycles. The monoisotopic (exact) mass is 793 g/mol. The Balaban J connectivity index is 0.000000364. The van der Waals surface area contributed by atoms with Gasteiger partial charge in [-0.2, -0.15) is 0 Å². The molecule has 0 saturated heterocycles. The maximum atomic E-state index is 13.5. The highest BCUT2D eigenvalue weighted by molar-refractivity contribution is 6.76. The van der Waals surface area contributed by atoms with Crippen LogP contribution in [0.2, 0.25) is 25.7 Å². The van der Waals surface area contributed by atoms with Gasteiger partial charge in [-0.15, -0.1) is 6.58 Å². The van der Waals surface area contributed by atoms with Crippen molar-refractivity contribution in [1.29, 1.82) is 0 Å². The second-order valence-corrected chi connectivity index (χ2v) is 24.4. The van der Waals surface area contributed by atoms with Crippen LogP contribution in [0.1, 0.15) is 158 Å². The largest absolute Gasteiger partial charge is 0.412 e. The molecular formula is C47H76F4O3Si. The number of benzene rings is 2. The second-order valence-electron chi connectivity index (χ2n) is 18.8. The molecule has 4 fully saturated rings. The lowest BCUT2D eigenvalue weighted by Gasteiger charge is -2.38. The Bertz CT molecular complexity index is 1370. The normalized spacial score (nSPS) is 28.3. The van der Waals surface area contributed by atoms with Crippen LogP contribution in [0.4, 0.5) is 17.6 Å². The van der Waals surface area contributed by atoms with Crippen molar-refractivity contribution in [2.45, 2.75) is 172 Å². The SMILES string of the molecule is C=CCCC1CCC(C2CCC(c3ccc(F)c(F)c3)CC2)CC1.C[Si](C)(C)CCCCC1CCC(C2CCC(c3ccc(F)c(F)c3)CC2)CC1.O.O.O. The fourth-order valence-corrected chi connectivity index (χ4v) is 12.0. The number of hydrogen-bond acceptors (Lipinski definition) is 0. The summed E-state index contributed by atoms with van der Waals surface area (Å²) in [5.41, 5.74) is 1.99. The van der Waals surface area contributed by atoms with Crippen LogP contribution < -0.4 is 0 Å². The number of rotatable bonds is 12. The second kappa shape index (κ2) is 24.0. The number of hydrogen-bond donors (Lipinski definition) is 0. The lowest BCUT2D eigenvalue weighted by atomic mass is 9.68. The quantitative estimate of drug-likeness (QED) is 0.0886. The van der Waals surface area contributed by atoms with E-state index in [9.17, 15) is 17.6 Å². The minimum atomic E-state index is -0.853. The van der Waals surface area contributed by atoms with E-state index in [1.54, 1.807) is 12.1 Å². The van der Waals surface area contributed by atoms with Crippen molar-refractivity contribution >= 4 is 8.07 Å². The predicted octanol–water partition coefficient (Wildman–Crippen LogP) is 13.1. The first-order chi connectivity index (χ1) is 25.0. The lowest BCUT2D eigenvalue weighted by Crippen LogP contribution is -2.25. The van der Waals surface area contributed by atoms with Crippen molar-refractivity contribution in [2.75, 3.05) is 0 Å². The summed E-state index contributed by atoms with van der Waals surface area (Å²) >= 11 is 0. The summed E-state index contributed by atoms with van der Waals surface area (Å²) in [4.78, 5) is 0. The molecule has 55 heavy (non-hydrogen) atoms. The first-order valence-corrected chi connectivity index (χ1v) is 25.2. The van der Waals surface area contributed by atoms with Crippen LogP contribution in [0.25, 0.3) is 0 Å². The molecule has 8 heteroatoms. The minimum Gasteiger partial charge on any atom is -0.412 e. The van der Waals surface area contributed by atoms with Gasteiger partial charge in [-0.25, -0.2) is 17.6 Å². The van der Waals surface area contributed by atoms with E-state index in [0.29, 0.717) is 11.8 Å². The van der Waals surface area contributed by atoms with E-state index < -0.39 is 31.3 Å². The van der Waals surface area contributed by atoms with Gasteiger partial charge in [0.05, 0.1) is 0 Å². The molecule has 0 spiro atoms. The maximum absolute atomic E-state index is 13.5. The molecule has 6 rings (SSSR count). The fourth-order valence-electron chi connectivity index (χ4n) is 10.7. The Morgan fingerprint density at radius 1 is 0.509 bits per heavy atom. The third-order valence-corrected chi connectivity index (χ3v) is 15.9. The Hall–Kier alpha value is -2.00. The van der Waals surface area contributed by atoms with Crippen LogP contribution in [-0.2, 0) is 0 Å². The van der Waals surface area contributed by atoms with Gasteiger partial charge in [0.2, 0.25) is 0 Å². The number of unbranched alkanes of at least 4 members (excludes halogenated alkanes) is 1. The Labute approximate surface area is 332 Å².